The molecule has 1 aliphatic heterocycles. The minimum atomic E-state index is -0.945. The van der Waals surface area contributed by atoms with E-state index in [1.54, 1.807) is 20.8 Å². The Morgan fingerprint density at radius 1 is 1.38 bits per heavy atom. The number of likely N-dealkylation sites (tertiary alicyclic amines) is 1. The number of carboxylic acid groups (broad SMARTS) is 1. The molecule has 2 rings (SSSR count). The van der Waals surface area contributed by atoms with Crippen molar-refractivity contribution in [3.63, 3.8) is 0 Å². The second-order valence-corrected chi connectivity index (χ2v) is 7.04. The van der Waals surface area contributed by atoms with Gasteiger partial charge in [-0.2, -0.15) is 0 Å². The molecule has 1 amide bonds. The van der Waals surface area contributed by atoms with Gasteiger partial charge in [-0.05, 0) is 58.8 Å². The fraction of sp³-hybridized carbons (Fsp3) is 0.750. The molecule has 0 aromatic rings. The number of hydrogen-bond donors (Lipinski definition) is 1. The first-order valence-corrected chi connectivity index (χ1v) is 7.66. The third kappa shape index (κ3) is 4.22. The molecule has 1 saturated carbocycles. The van der Waals surface area contributed by atoms with E-state index in [4.69, 9.17) is 4.74 Å². The molecule has 2 aliphatic rings. The van der Waals surface area contributed by atoms with E-state index in [2.05, 4.69) is 6.08 Å². The van der Waals surface area contributed by atoms with Crippen molar-refractivity contribution in [3.05, 3.63) is 11.6 Å². The standard InChI is InChI=1S/C16H25NO4/c1-16(2,3)21-15(20)17-10-12(9-13(17)14(18)19)8-7-11-5-4-6-11/h7,12-13H,4-6,8-10H2,1-3H3,(H,18,19)/t12-,13+/m1/s1. The number of allylic oxidation sites excluding steroid dienone is 2. The van der Waals surface area contributed by atoms with Crippen LogP contribution in [0.25, 0.3) is 0 Å². The number of carbonyl (C=O) groups is 2. The molecule has 2 fully saturated rings. The molecule has 1 aliphatic carbocycles. The molecule has 0 bridgehead atoms. The van der Waals surface area contributed by atoms with E-state index in [-0.39, 0.29) is 5.92 Å². The smallest absolute Gasteiger partial charge is 0.411 e. The first-order valence-electron chi connectivity index (χ1n) is 7.66. The van der Waals surface area contributed by atoms with E-state index >= 15 is 0 Å². The van der Waals surface area contributed by atoms with Crippen LogP contribution in [0.1, 0.15) is 52.9 Å². The van der Waals surface area contributed by atoms with E-state index in [1.807, 2.05) is 0 Å². The molecule has 1 saturated heterocycles. The summed E-state index contributed by atoms with van der Waals surface area (Å²) < 4.78 is 5.32. The third-order valence-electron chi connectivity index (χ3n) is 4.04. The van der Waals surface area contributed by atoms with E-state index in [1.165, 1.54) is 29.7 Å². The molecule has 5 heteroatoms. The molecule has 118 valence electrons. The maximum atomic E-state index is 12.2. The highest BCUT2D eigenvalue weighted by molar-refractivity contribution is 5.81. The Morgan fingerprint density at radius 2 is 2.05 bits per heavy atom. The highest BCUT2D eigenvalue weighted by Crippen LogP contribution is 2.31. The van der Waals surface area contributed by atoms with Crippen LogP contribution in [0.5, 0.6) is 0 Å². The average Bonchev–Trinajstić information content (AvgIpc) is 2.69. The largest absolute Gasteiger partial charge is 0.480 e. The molecule has 0 aromatic heterocycles. The number of ether oxygens (including phenoxy) is 1. The minimum Gasteiger partial charge on any atom is -0.480 e. The molecule has 0 aromatic carbocycles. The molecule has 0 spiro atoms. The molecule has 1 N–H and O–H groups in total. The van der Waals surface area contributed by atoms with Gasteiger partial charge in [0.15, 0.2) is 0 Å². The van der Waals surface area contributed by atoms with E-state index in [0.717, 1.165) is 6.42 Å². The van der Waals surface area contributed by atoms with Crippen LogP contribution in [-0.4, -0.2) is 40.3 Å². The summed E-state index contributed by atoms with van der Waals surface area (Å²) in [5, 5.41) is 9.32. The van der Waals surface area contributed by atoms with Crippen LogP contribution < -0.4 is 0 Å². The highest BCUT2D eigenvalue weighted by Gasteiger charge is 2.41. The van der Waals surface area contributed by atoms with Crippen molar-refractivity contribution in [2.45, 2.75) is 64.5 Å². The Balaban J connectivity index is 1.98. The quantitative estimate of drug-likeness (QED) is 0.812. The molecule has 1 heterocycles. The van der Waals surface area contributed by atoms with Gasteiger partial charge in [0.25, 0.3) is 0 Å². The molecule has 5 nitrogen and oxygen atoms in total. The maximum absolute atomic E-state index is 12.2. The third-order valence-corrected chi connectivity index (χ3v) is 4.04. The van der Waals surface area contributed by atoms with Gasteiger partial charge in [0, 0.05) is 6.54 Å². The van der Waals surface area contributed by atoms with Crippen molar-refractivity contribution in [1.82, 2.24) is 4.90 Å². The van der Waals surface area contributed by atoms with Crippen LogP contribution in [0.2, 0.25) is 0 Å². The molecule has 0 radical (unpaired) electrons. The van der Waals surface area contributed by atoms with Crippen molar-refractivity contribution in [2.24, 2.45) is 5.92 Å². The fourth-order valence-corrected chi connectivity index (χ4v) is 2.77. The predicted molar refractivity (Wildman–Crippen MR) is 79.0 cm³/mol. The summed E-state index contributed by atoms with van der Waals surface area (Å²) in [4.78, 5) is 24.9. The summed E-state index contributed by atoms with van der Waals surface area (Å²) in [5.41, 5.74) is 0.865. The zero-order chi connectivity index (χ0) is 15.6. The summed E-state index contributed by atoms with van der Waals surface area (Å²) in [6, 6.07) is -0.760. The number of hydrogen-bond acceptors (Lipinski definition) is 3. The number of rotatable bonds is 3. The average molecular weight is 295 g/mol. The van der Waals surface area contributed by atoms with Crippen molar-refractivity contribution in [1.29, 1.82) is 0 Å². The Morgan fingerprint density at radius 3 is 2.52 bits per heavy atom. The molecular weight excluding hydrogens is 270 g/mol. The highest BCUT2D eigenvalue weighted by atomic mass is 16.6. The Bertz CT molecular complexity index is 444. The van der Waals surface area contributed by atoms with Crippen LogP contribution in [0.15, 0.2) is 11.6 Å². The Hall–Kier alpha value is -1.52. The zero-order valence-electron chi connectivity index (χ0n) is 13.1. The lowest BCUT2D eigenvalue weighted by molar-refractivity contribution is -0.142. The second-order valence-electron chi connectivity index (χ2n) is 7.04. The van der Waals surface area contributed by atoms with Gasteiger partial charge in [-0.15, -0.1) is 0 Å². The van der Waals surface area contributed by atoms with Gasteiger partial charge < -0.3 is 9.84 Å². The van der Waals surface area contributed by atoms with Crippen LogP contribution in [0.3, 0.4) is 0 Å². The summed E-state index contributed by atoms with van der Waals surface area (Å²) in [6.07, 6.45) is 6.69. The lowest BCUT2D eigenvalue weighted by Gasteiger charge is -2.26. The first-order chi connectivity index (χ1) is 9.76. The number of nitrogens with zero attached hydrogens (tertiary/aromatic N) is 1. The van der Waals surface area contributed by atoms with Crippen LogP contribution in [0.4, 0.5) is 4.79 Å². The molecule has 21 heavy (non-hydrogen) atoms. The van der Waals surface area contributed by atoms with Crippen molar-refractivity contribution in [3.8, 4) is 0 Å². The zero-order valence-corrected chi connectivity index (χ0v) is 13.1. The van der Waals surface area contributed by atoms with Gasteiger partial charge in [0.05, 0.1) is 0 Å². The summed E-state index contributed by atoms with van der Waals surface area (Å²) in [5.74, 6) is -0.730. The first kappa shape index (κ1) is 15.9. The van der Waals surface area contributed by atoms with Gasteiger partial charge >= 0.3 is 12.1 Å². The minimum absolute atomic E-state index is 0.215. The number of carboxylic acids is 1. The number of amides is 1. The van der Waals surface area contributed by atoms with Crippen LogP contribution in [0, 0.1) is 5.92 Å². The van der Waals surface area contributed by atoms with E-state index < -0.39 is 23.7 Å². The van der Waals surface area contributed by atoms with E-state index in [0.29, 0.717) is 13.0 Å². The lowest BCUT2D eigenvalue weighted by Crippen LogP contribution is -2.43. The second kappa shape index (κ2) is 6.08. The van der Waals surface area contributed by atoms with Crippen LogP contribution >= 0.6 is 0 Å². The van der Waals surface area contributed by atoms with Crippen molar-refractivity contribution < 1.29 is 19.4 Å². The lowest BCUT2D eigenvalue weighted by atomic mass is 9.89. The van der Waals surface area contributed by atoms with E-state index in [9.17, 15) is 14.7 Å². The SMILES string of the molecule is CC(C)(C)OC(=O)N1C[C@H](CC=C2CCC2)C[C@H]1C(=O)O. The number of aliphatic carboxylic acids is 1. The van der Waals surface area contributed by atoms with Crippen molar-refractivity contribution in [2.75, 3.05) is 6.54 Å². The summed E-state index contributed by atoms with van der Waals surface area (Å²) in [7, 11) is 0. The Labute approximate surface area is 126 Å². The van der Waals surface area contributed by atoms with Gasteiger partial charge in [0.2, 0.25) is 0 Å². The van der Waals surface area contributed by atoms with Gasteiger partial charge in [-0.3, -0.25) is 4.90 Å². The number of carbonyl (C=O) groups excluding carboxylic acids is 1. The van der Waals surface area contributed by atoms with Gasteiger partial charge in [-0.25, -0.2) is 9.59 Å². The monoisotopic (exact) mass is 295 g/mol. The van der Waals surface area contributed by atoms with Gasteiger partial charge in [0.1, 0.15) is 11.6 Å². The predicted octanol–water partition coefficient (Wildman–Crippen LogP) is 3.20. The van der Waals surface area contributed by atoms with Gasteiger partial charge in [-0.1, -0.05) is 11.6 Å². The normalized spacial score (nSPS) is 25.5. The Kier molecular flexibility index (Phi) is 4.59. The molecular formula is C16H25NO4. The molecule has 0 unspecified atom stereocenters. The summed E-state index contributed by atoms with van der Waals surface area (Å²) in [6.45, 7) is 5.83. The summed E-state index contributed by atoms with van der Waals surface area (Å²) >= 11 is 0. The van der Waals surface area contributed by atoms with Crippen molar-refractivity contribution >= 4 is 12.1 Å². The fourth-order valence-electron chi connectivity index (χ4n) is 2.77. The topological polar surface area (TPSA) is 66.8 Å². The molecule has 2 atom stereocenters. The maximum Gasteiger partial charge on any atom is 0.411 e. The van der Waals surface area contributed by atoms with Crippen LogP contribution in [-0.2, 0) is 9.53 Å².